The maximum Gasteiger partial charge on any atom is 0.0300 e. The number of benzene rings is 1. The summed E-state index contributed by atoms with van der Waals surface area (Å²) in [6.07, 6.45) is 3.61. The van der Waals surface area contributed by atoms with E-state index in [1.165, 1.54) is 35.1 Å². The van der Waals surface area contributed by atoms with Gasteiger partial charge in [0.05, 0.1) is 0 Å². The molecule has 0 saturated heterocycles. The van der Waals surface area contributed by atoms with Crippen LogP contribution in [0.2, 0.25) is 0 Å². The average molecular weight is 175 g/mol. The zero-order chi connectivity index (χ0) is 9.42. The molecule has 2 N–H and O–H groups in total. The molecular weight excluding hydrogens is 158 g/mol. The third-order valence-electron chi connectivity index (χ3n) is 2.95. The van der Waals surface area contributed by atoms with E-state index in [9.17, 15) is 0 Å². The van der Waals surface area contributed by atoms with Crippen molar-refractivity contribution >= 4 is 0 Å². The fraction of sp³-hybridized carbons (Fsp3) is 0.500. The Morgan fingerprint density at radius 2 is 2.08 bits per heavy atom. The van der Waals surface area contributed by atoms with Gasteiger partial charge in [0, 0.05) is 6.04 Å². The summed E-state index contributed by atoms with van der Waals surface area (Å²) >= 11 is 0. The van der Waals surface area contributed by atoms with E-state index in [0.29, 0.717) is 0 Å². The Kier molecular flexibility index (Phi) is 2.12. The van der Waals surface area contributed by atoms with Crippen molar-refractivity contribution in [2.45, 2.75) is 39.2 Å². The van der Waals surface area contributed by atoms with Crippen molar-refractivity contribution in [2.24, 2.45) is 5.73 Å². The van der Waals surface area contributed by atoms with Crippen molar-refractivity contribution in [3.8, 4) is 0 Å². The molecule has 1 aromatic rings. The van der Waals surface area contributed by atoms with Gasteiger partial charge in [0.2, 0.25) is 0 Å². The molecule has 2 rings (SSSR count). The number of hydrogen-bond donors (Lipinski definition) is 1. The van der Waals surface area contributed by atoms with Gasteiger partial charge in [0.15, 0.2) is 0 Å². The molecule has 1 heteroatoms. The molecule has 1 aliphatic rings. The molecule has 1 aromatic carbocycles. The van der Waals surface area contributed by atoms with Crippen LogP contribution in [0.4, 0.5) is 0 Å². The minimum atomic E-state index is 0.282. The first-order chi connectivity index (χ1) is 6.18. The Labute approximate surface area is 80.0 Å². The van der Waals surface area contributed by atoms with Crippen LogP contribution in [-0.4, -0.2) is 0 Å². The predicted octanol–water partition coefficient (Wildman–Crippen LogP) is 2.64. The maximum atomic E-state index is 6.10. The molecular formula is C12H17N. The third-order valence-corrected chi connectivity index (χ3v) is 2.95. The summed E-state index contributed by atoms with van der Waals surface area (Å²) < 4.78 is 0. The zero-order valence-electron chi connectivity index (χ0n) is 8.43. The SMILES string of the molecule is Cc1cc(C)c2c(c1)CCC[C@@H]2N. The van der Waals surface area contributed by atoms with E-state index in [2.05, 4.69) is 26.0 Å². The fourth-order valence-corrected chi connectivity index (χ4v) is 2.46. The Morgan fingerprint density at radius 1 is 1.31 bits per heavy atom. The van der Waals surface area contributed by atoms with E-state index in [-0.39, 0.29) is 6.04 Å². The quantitative estimate of drug-likeness (QED) is 0.644. The molecule has 0 amide bonds. The van der Waals surface area contributed by atoms with Crippen LogP contribution in [0.5, 0.6) is 0 Å². The highest BCUT2D eigenvalue weighted by Gasteiger charge is 2.18. The van der Waals surface area contributed by atoms with Gasteiger partial charge >= 0.3 is 0 Å². The molecule has 0 spiro atoms. The Balaban J connectivity index is 2.56. The first-order valence-electron chi connectivity index (χ1n) is 5.04. The third kappa shape index (κ3) is 1.49. The van der Waals surface area contributed by atoms with Crippen LogP contribution in [0.3, 0.4) is 0 Å². The van der Waals surface area contributed by atoms with Crippen LogP contribution in [0, 0.1) is 13.8 Å². The van der Waals surface area contributed by atoms with Gasteiger partial charge in [-0.05, 0) is 49.8 Å². The molecule has 0 fully saturated rings. The molecule has 0 aliphatic heterocycles. The highest BCUT2D eigenvalue weighted by Crippen LogP contribution is 2.31. The number of hydrogen-bond acceptors (Lipinski definition) is 1. The van der Waals surface area contributed by atoms with Gasteiger partial charge in [0.1, 0.15) is 0 Å². The lowest BCUT2D eigenvalue weighted by atomic mass is 9.84. The van der Waals surface area contributed by atoms with Crippen LogP contribution in [0.25, 0.3) is 0 Å². The molecule has 70 valence electrons. The van der Waals surface area contributed by atoms with Gasteiger partial charge in [0.25, 0.3) is 0 Å². The minimum Gasteiger partial charge on any atom is -0.324 e. The van der Waals surface area contributed by atoms with Gasteiger partial charge in [-0.2, -0.15) is 0 Å². The average Bonchev–Trinajstić information content (AvgIpc) is 2.02. The molecule has 1 nitrogen and oxygen atoms in total. The maximum absolute atomic E-state index is 6.10. The summed E-state index contributed by atoms with van der Waals surface area (Å²) in [6.45, 7) is 4.34. The van der Waals surface area contributed by atoms with Crippen LogP contribution < -0.4 is 5.73 Å². The molecule has 1 atom stereocenters. The second-order valence-corrected chi connectivity index (χ2v) is 4.15. The standard InChI is InChI=1S/C12H17N/c1-8-6-9(2)12-10(7-8)4-3-5-11(12)13/h6-7,11H,3-5,13H2,1-2H3/t11-/m0/s1. The van der Waals surface area contributed by atoms with Crippen molar-refractivity contribution < 1.29 is 0 Å². The number of fused-ring (bicyclic) bond motifs is 1. The highest BCUT2D eigenvalue weighted by atomic mass is 14.6. The van der Waals surface area contributed by atoms with Crippen molar-refractivity contribution in [3.63, 3.8) is 0 Å². The lowest BCUT2D eigenvalue weighted by Gasteiger charge is -2.24. The summed E-state index contributed by atoms with van der Waals surface area (Å²) in [5.41, 5.74) is 11.7. The smallest absolute Gasteiger partial charge is 0.0300 e. The summed E-state index contributed by atoms with van der Waals surface area (Å²) in [7, 11) is 0. The number of rotatable bonds is 0. The fourth-order valence-electron chi connectivity index (χ4n) is 2.46. The molecule has 0 heterocycles. The Bertz CT molecular complexity index is 328. The topological polar surface area (TPSA) is 26.0 Å². The number of aryl methyl sites for hydroxylation is 3. The second kappa shape index (κ2) is 3.15. The second-order valence-electron chi connectivity index (χ2n) is 4.15. The molecule has 0 saturated carbocycles. The van der Waals surface area contributed by atoms with E-state index in [0.717, 1.165) is 6.42 Å². The lowest BCUT2D eigenvalue weighted by molar-refractivity contribution is 0.567. The largest absolute Gasteiger partial charge is 0.324 e. The normalized spacial score (nSPS) is 21.3. The van der Waals surface area contributed by atoms with Gasteiger partial charge in [-0.15, -0.1) is 0 Å². The van der Waals surface area contributed by atoms with E-state index in [4.69, 9.17) is 5.73 Å². The van der Waals surface area contributed by atoms with Crippen LogP contribution in [0.1, 0.15) is 41.1 Å². The first kappa shape index (κ1) is 8.76. The van der Waals surface area contributed by atoms with Crippen LogP contribution >= 0.6 is 0 Å². The van der Waals surface area contributed by atoms with Crippen molar-refractivity contribution in [1.82, 2.24) is 0 Å². The molecule has 0 unspecified atom stereocenters. The van der Waals surface area contributed by atoms with Crippen molar-refractivity contribution in [3.05, 3.63) is 34.4 Å². The van der Waals surface area contributed by atoms with Gasteiger partial charge in [-0.1, -0.05) is 17.7 Å². The van der Waals surface area contributed by atoms with Crippen molar-refractivity contribution in [2.75, 3.05) is 0 Å². The van der Waals surface area contributed by atoms with Crippen molar-refractivity contribution in [1.29, 1.82) is 0 Å². The van der Waals surface area contributed by atoms with Crippen LogP contribution in [-0.2, 0) is 6.42 Å². The molecule has 1 aliphatic carbocycles. The lowest BCUT2D eigenvalue weighted by Crippen LogP contribution is -2.18. The van der Waals surface area contributed by atoms with E-state index in [1.54, 1.807) is 0 Å². The predicted molar refractivity (Wildman–Crippen MR) is 55.8 cm³/mol. The van der Waals surface area contributed by atoms with Crippen LogP contribution in [0.15, 0.2) is 12.1 Å². The first-order valence-corrected chi connectivity index (χ1v) is 5.04. The monoisotopic (exact) mass is 175 g/mol. The van der Waals surface area contributed by atoms with E-state index >= 15 is 0 Å². The highest BCUT2D eigenvalue weighted by molar-refractivity contribution is 5.41. The summed E-state index contributed by atoms with van der Waals surface area (Å²) in [6, 6.07) is 4.81. The van der Waals surface area contributed by atoms with Gasteiger partial charge < -0.3 is 5.73 Å². The van der Waals surface area contributed by atoms with E-state index in [1.807, 2.05) is 0 Å². The number of nitrogens with two attached hydrogens (primary N) is 1. The molecule has 13 heavy (non-hydrogen) atoms. The summed E-state index contributed by atoms with van der Waals surface area (Å²) in [5, 5.41) is 0. The Hall–Kier alpha value is -0.820. The Morgan fingerprint density at radius 3 is 2.85 bits per heavy atom. The summed E-state index contributed by atoms with van der Waals surface area (Å²) in [5.74, 6) is 0. The molecule has 0 bridgehead atoms. The van der Waals surface area contributed by atoms with E-state index < -0.39 is 0 Å². The molecule has 0 radical (unpaired) electrons. The summed E-state index contributed by atoms with van der Waals surface area (Å²) in [4.78, 5) is 0. The van der Waals surface area contributed by atoms with Gasteiger partial charge in [-0.3, -0.25) is 0 Å². The van der Waals surface area contributed by atoms with Gasteiger partial charge in [-0.25, -0.2) is 0 Å². The zero-order valence-corrected chi connectivity index (χ0v) is 8.43. The minimum absolute atomic E-state index is 0.282. The molecule has 0 aromatic heterocycles.